The summed E-state index contributed by atoms with van der Waals surface area (Å²) in [7, 11) is 0. The van der Waals surface area contributed by atoms with Gasteiger partial charge in [-0.25, -0.2) is 4.98 Å². The van der Waals surface area contributed by atoms with Gasteiger partial charge in [0.05, 0.1) is 30.7 Å². The molecule has 0 amide bonds. The minimum absolute atomic E-state index is 0.0365. The molecule has 0 spiro atoms. The smallest absolute Gasteiger partial charge is 0.329 e. The fraction of sp³-hybridized carbons (Fsp3) is 0.318. The number of alkyl halides is 3. The normalized spacial score (nSPS) is 11.9. The summed E-state index contributed by atoms with van der Waals surface area (Å²) in [6.07, 6.45) is -3.22. The molecule has 1 aromatic heterocycles. The fourth-order valence-electron chi connectivity index (χ4n) is 3.27. The highest BCUT2D eigenvalue weighted by atomic mass is 35.5. The molecule has 34 heavy (non-hydrogen) atoms. The van der Waals surface area contributed by atoms with Crippen LogP contribution in [0.25, 0.3) is 0 Å². The minimum Gasteiger partial charge on any atom is -0.329 e. The minimum atomic E-state index is -4.61. The van der Waals surface area contributed by atoms with Crippen molar-refractivity contribution in [1.82, 2.24) is 9.88 Å². The molecule has 184 valence electrons. The average Bonchev–Trinajstić information content (AvgIpc) is 3.14. The van der Waals surface area contributed by atoms with Crippen molar-refractivity contribution in [2.75, 3.05) is 18.4 Å². The molecule has 0 saturated carbocycles. The zero-order valence-electron chi connectivity index (χ0n) is 17.7. The predicted molar refractivity (Wildman–Crippen MR) is 138 cm³/mol. The van der Waals surface area contributed by atoms with Crippen molar-refractivity contribution in [2.45, 2.75) is 32.5 Å². The molecule has 0 bridgehead atoms. The van der Waals surface area contributed by atoms with E-state index < -0.39 is 11.9 Å². The first-order valence-electron chi connectivity index (χ1n) is 10.1. The number of hydrogen-bond acceptors (Lipinski definition) is 4. The molecule has 0 saturated heterocycles. The van der Waals surface area contributed by atoms with Crippen molar-refractivity contribution < 1.29 is 13.2 Å². The highest BCUT2D eigenvalue weighted by Crippen LogP contribution is 2.41. The van der Waals surface area contributed by atoms with E-state index in [1.807, 2.05) is 17.9 Å². The Bertz CT molecular complexity index is 1130. The first-order valence-corrected chi connectivity index (χ1v) is 12.8. The number of aromatic nitrogens is 1. The van der Waals surface area contributed by atoms with Crippen molar-refractivity contribution in [2.24, 2.45) is 0 Å². The van der Waals surface area contributed by atoms with Gasteiger partial charge in [-0.3, -0.25) is 4.90 Å². The van der Waals surface area contributed by atoms with E-state index in [1.165, 1.54) is 12.1 Å². The van der Waals surface area contributed by atoms with Crippen LogP contribution in [0.5, 0.6) is 0 Å². The van der Waals surface area contributed by atoms with Crippen molar-refractivity contribution in [3.63, 3.8) is 0 Å². The van der Waals surface area contributed by atoms with Crippen LogP contribution in [-0.4, -0.2) is 23.0 Å². The third-order valence-corrected chi connectivity index (χ3v) is 7.32. The number of thiazole rings is 1. The topological polar surface area (TPSA) is 28.2 Å². The standard InChI is InChI=1S/C22H19Cl5F3N3S/c1-2-6-33(7-5-12-3-4-14(24)15(25)8-12)11-18-20(22(28,29)30)32-21(34-18)31-19-16(26)9-13(23)10-17(19)27/h3-4,8-10H,2,5-7,11H2,1H3,(H,31,32). The average molecular weight is 592 g/mol. The lowest BCUT2D eigenvalue weighted by Crippen LogP contribution is -2.27. The molecular weight excluding hydrogens is 573 g/mol. The largest absolute Gasteiger partial charge is 0.434 e. The fourth-order valence-corrected chi connectivity index (χ4v) is 5.53. The number of hydrogen-bond donors (Lipinski definition) is 1. The Morgan fingerprint density at radius 2 is 1.62 bits per heavy atom. The van der Waals surface area contributed by atoms with Gasteiger partial charge in [0.2, 0.25) is 0 Å². The molecular formula is C22H19Cl5F3N3S. The summed E-state index contributed by atoms with van der Waals surface area (Å²) in [5.74, 6) is 0. The molecule has 0 fully saturated rings. The number of anilines is 2. The summed E-state index contributed by atoms with van der Waals surface area (Å²) >= 11 is 31.2. The second kappa shape index (κ2) is 11.9. The molecule has 0 aliphatic carbocycles. The summed E-state index contributed by atoms with van der Waals surface area (Å²) in [6, 6.07) is 8.22. The van der Waals surface area contributed by atoms with E-state index in [1.54, 1.807) is 12.1 Å². The van der Waals surface area contributed by atoms with Gasteiger partial charge in [0, 0.05) is 18.1 Å². The van der Waals surface area contributed by atoms with E-state index in [0.29, 0.717) is 34.6 Å². The quantitative estimate of drug-likeness (QED) is 0.269. The van der Waals surface area contributed by atoms with E-state index >= 15 is 0 Å². The molecule has 0 aliphatic heterocycles. The van der Waals surface area contributed by atoms with Crippen LogP contribution in [-0.2, 0) is 19.1 Å². The summed E-state index contributed by atoms with van der Waals surface area (Å²) in [5, 5.41) is 4.42. The summed E-state index contributed by atoms with van der Waals surface area (Å²) in [6.45, 7) is 3.22. The highest BCUT2D eigenvalue weighted by Gasteiger charge is 2.38. The highest BCUT2D eigenvalue weighted by molar-refractivity contribution is 7.15. The number of nitrogens with one attached hydrogen (secondary N) is 1. The molecule has 0 aliphatic rings. The van der Waals surface area contributed by atoms with Crippen LogP contribution in [0.1, 0.15) is 29.5 Å². The number of rotatable bonds is 9. The van der Waals surface area contributed by atoms with Crippen molar-refractivity contribution in [3.8, 4) is 0 Å². The van der Waals surface area contributed by atoms with Crippen molar-refractivity contribution in [1.29, 1.82) is 0 Å². The molecule has 12 heteroatoms. The molecule has 1 heterocycles. The van der Waals surface area contributed by atoms with Crippen LogP contribution < -0.4 is 5.32 Å². The molecule has 1 N–H and O–H groups in total. The number of benzene rings is 2. The maximum atomic E-state index is 13.8. The summed E-state index contributed by atoms with van der Waals surface area (Å²) in [4.78, 5) is 5.86. The first kappa shape index (κ1) is 27.7. The Labute approximate surface area is 224 Å². The van der Waals surface area contributed by atoms with Crippen LogP contribution in [0.3, 0.4) is 0 Å². The second-order valence-corrected chi connectivity index (χ2v) is 10.6. The van der Waals surface area contributed by atoms with Crippen molar-refractivity contribution >= 4 is 80.2 Å². The maximum Gasteiger partial charge on any atom is 0.434 e. The molecule has 0 radical (unpaired) electrons. The van der Waals surface area contributed by atoms with Gasteiger partial charge in [0.15, 0.2) is 10.8 Å². The van der Waals surface area contributed by atoms with Gasteiger partial charge >= 0.3 is 6.18 Å². The lowest BCUT2D eigenvalue weighted by molar-refractivity contribution is -0.141. The lowest BCUT2D eigenvalue weighted by Gasteiger charge is -2.21. The van der Waals surface area contributed by atoms with E-state index in [-0.39, 0.29) is 32.3 Å². The third kappa shape index (κ3) is 7.29. The Kier molecular flexibility index (Phi) is 9.65. The van der Waals surface area contributed by atoms with Gasteiger partial charge in [-0.05, 0) is 49.2 Å². The Morgan fingerprint density at radius 3 is 2.21 bits per heavy atom. The molecule has 2 aromatic carbocycles. The number of halogens is 8. The molecule has 3 aromatic rings. The Hall–Kier alpha value is -0.930. The van der Waals surface area contributed by atoms with Gasteiger partial charge in [-0.15, -0.1) is 0 Å². The van der Waals surface area contributed by atoms with Gasteiger partial charge in [0.1, 0.15) is 0 Å². The molecule has 3 nitrogen and oxygen atoms in total. The first-order chi connectivity index (χ1) is 16.0. The number of nitrogens with zero attached hydrogens (tertiary/aromatic N) is 2. The Morgan fingerprint density at radius 1 is 0.941 bits per heavy atom. The molecule has 3 rings (SSSR count). The van der Waals surface area contributed by atoms with Crippen LogP contribution in [0.15, 0.2) is 30.3 Å². The maximum absolute atomic E-state index is 13.8. The van der Waals surface area contributed by atoms with E-state index in [0.717, 1.165) is 23.3 Å². The SMILES string of the molecule is CCCN(CCc1ccc(Cl)c(Cl)c1)Cc1sc(Nc2c(Cl)cc(Cl)cc2Cl)nc1C(F)(F)F. The monoisotopic (exact) mass is 589 g/mol. The second-order valence-electron chi connectivity index (χ2n) is 7.43. The summed E-state index contributed by atoms with van der Waals surface area (Å²) in [5.41, 5.74) is 0.258. The van der Waals surface area contributed by atoms with Gasteiger partial charge in [-0.1, -0.05) is 82.3 Å². The lowest BCUT2D eigenvalue weighted by atomic mass is 10.1. The van der Waals surface area contributed by atoms with Crippen LogP contribution in [0, 0.1) is 0 Å². The van der Waals surface area contributed by atoms with Gasteiger partial charge in [-0.2, -0.15) is 13.2 Å². The van der Waals surface area contributed by atoms with Gasteiger partial charge < -0.3 is 5.32 Å². The van der Waals surface area contributed by atoms with E-state index in [2.05, 4.69) is 10.3 Å². The molecule has 0 atom stereocenters. The van der Waals surface area contributed by atoms with Crippen LogP contribution in [0.4, 0.5) is 24.0 Å². The molecule has 0 unspecified atom stereocenters. The zero-order chi connectivity index (χ0) is 25.0. The van der Waals surface area contributed by atoms with E-state index in [4.69, 9.17) is 58.0 Å². The van der Waals surface area contributed by atoms with Gasteiger partial charge in [0.25, 0.3) is 0 Å². The third-order valence-electron chi connectivity index (χ3n) is 4.81. The zero-order valence-corrected chi connectivity index (χ0v) is 22.3. The summed E-state index contributed by atoms with van der Waals surface area (Å²) < 4.78 is 41.3. The van der Waals surface area contributed by atoms with E-state index in [9.17, 15) is 13.2 Å². The van der Waals surface area contributed by atoms with Crippen molar-refractivity contribution in [3.05, 3.63) is 71.6 Å². The van der Waals surface area contributed by atoms with Crippen LogP contribution >= 0.6 is 69.3 Å². The predicted octanol–water partition coefficient (Wildman–Crippen LogP) is 9.63. The Balaban J connectivity index is 1.83. The van der Waals surface area contributed by atoms with Crippen LogP contribution in [0.2, 0.25) is 25.1 Å².